The fourth-order valence-corrected chi connectivity index (χ4v) is 3.23. The Morgan fingerprint density at radius 2 is 1.95 bits per heavy atom. The summed E-state index contributed by atoms with van der Waals surface area (Å²) in [5.41, 5.74) is 0.830. The van der Waals surface area contributed by atoms with Gasteiger partial charge in [0.2, 0.25) is 0 Å². The number of Topliss-reactive ketones (excluding diaryl/α,β-unsaturated/α-hetero) is 1. The summed E-state index contributed by atoms with van der Waals surface area (Å²) < 4.78 is 0. The van der Waals surface area contributed by atoms with Gasteiger partial charge < -0.3 is 9.80 Å². The minimum absolute atomic E-state index is 0.0607. The summed E-state index contributed by atoms with van der Waals surface area (Å²) in [6.45, 7) is 7.37. The average Bonchev–Trinajstić information content (AvgIpc) is 2.79. The molecule has 3 nitrogen and oxygen atoms in total. The Bertz CT molecular complexity index is 444. The monoisotopic (exact) mass is 274 g/mol. The lowest BCUT2D eigenvalue weighted by Gasteiger charge is -2.23. The predicted octanol–water partition coefficient (Wildman–Crippen LogP) is 2.39. The van der Waals surface area contributed by atoms with E-state index in [1.54, 1.807) is 0 Å². The SMILES string of the molecule is CC(CN1CC(C)C(N(C)C)C1)C(=O)c1ccccc1. The summed E-state index contributed by atoms with van der Waals surface area (Å²) in [5, 5.41) is 0. The molecule has 1 aromatic rings. The van der Waals surface area contributed by atoms with Gasteiger partial charge in [-0.25, -0.2) is 0 Å². The minimum Gasteiger partial charge on any atom is -0.305 e. The van der Waals surface area contributed by atoms with Gasteiger partial charge in [-0.05, 0) is 20.0 Å². The zero-order chi connectivity index (χ0) is 14.7. The van der Waals surface area contributed by atoms with Crippen LogP contribution in [0.2, 0.25) is 0 Å². The highest BCUT2D eigenvalue weighted by molar-refractivity contribution is 5.97. The quantitative estimate of drug-likeness (QED) is 0.770. The Hall–Kier alpha value is -1.19. The molecule has 1 aliphatic rings. The zero-order valence-electron chi connectivity index (χ0n) is 13.0. The van der Waals surface area contributed by atoms with E-state index in [1.807, 2.05) is 37.3 Å². The maximum absolute atomic E-state index is 12.4. The van der Waals surface area contributed by atoms with Crippen molar-refractivity contribution in [3.05, 3.63) is 35.9 Å². The first-order valence-electron chi connectivity index (χ1n) is 7.47. The van der Waals surface area contributed by atoms with Crippen molar-refractivity contribution < 1.29 is 4.79 Å². The topological polar surface area (TPSA) is 23.6 Å². The van der Waals surface area contributed by atoms with Crippen LogP contribution in [0.15, 0.2) is 30.3 Å². The molecule has 0 saturated carbocycles. The summed E-state index contributed by atoms with van der Waals surface area (Å²) in [7, 11) is 4.28. The first-order valence-corrected chi connectivity index (χ1v) is 7.47. The van der Waals surface area contributed by atoms with Gasteiger partial charge in [0.05, 0.1) is 0 Å². The van der Waals surface area contributed by atoms with Crippen LogP contribution < -0.4 is 0 Å². The van der Waals surface area contributed by atoms with Gasteiger partial charge in [0.1, 0.15) is 0 Å². The van der Waals surface area contributed by atoms with Gasteiger partial charge in [0, 0.05) is 37.2 Å². The number of likely N-dealkylation sites (tertiary alicyclic amines) is 1. The van der Waals surface area contributed by atoms with Crippen molar-refractivity contribution in [1.29, 1.82) is 0 Å². The van der Waals surface area contributed by atoms with Crippen LogP contribution in [-0.4, -0.2) is 55.4 Å². The normalized spacial score (nSPS) is 25.1. The molecular weight excluding hydrogens is 248 g/mol. The van der Waals surface area contributed by atoms with Gasteiger partial charge in [-0.3, -0.25) is 4.79 Å². The lowest BCUT2D eigenvalue weighted by atomic mass is 9.99. The van der Waals surface area contributed by atoms with Crippen LogP contribution in [0.25, 0.3) is 0 Å². The smallest absolute Gasteiger partial charge is 0.166 e. The van der Waals surface area contributed by atoms with E-state index in [1.165, 1.54) is 0 Å². The van der Waals surface area contributed by atoms with Crippen LogP contribution in [0.5, 0.6) is 0 Å². The van der Waals surface area contributed by atoms with Crippen molar-refractivity contribution >= 4 is 5.78 Å². The van der Waals surface area contributed by atoms with E-state index < -0.39 is 0 Å². The molecule has 0 bridgehead atoms. The van der Waals surface area contributed by atoms with E-state index in [9.17, 15) is 4.79 Å². The van der Waals surface area contributed by atoms with Crippen molar-refractivity contribution in [2.75, 3.05) is 33.7 Å². The highest BCUT2D eigenvalue weighted by Gasteiger charge is 2.32. The van der Waals surface area contributed by atoms with E-state index in [0.717, 1.165) is 25.2 Å². The zero-order valence-corrected chi connectivity index (χ0v) is 13.0. The molecule has 3 atom stereocenters. The number of likely N-dealkylation sites (N-methyl/N-ethyl adjacent to an activating group) is 1. The molecule has 0 N–H and O–H groups in total. The third kappa shape index (κ3) is 3.47. The Morgan fingerprint density at radius 3 is 2.50 bits per heavy atom. The van der Waals surface area contributed by atoms with Crippen LogP contribution in [0.1, 0.15) is 24.2 Å². The summed E-state index contributed by atoms with van der Waals surface area (Å²) in [5.74, 6) is 0.987. The average molecular weight is 274 g/mol. The van der Waals surface area contributed by atoms with Gasteiger partial charge in [-0.15, -0.1) is 0 Å². The number of hydrogen-bond donors (Lipinski definition) is 0. The van der Waals surface area contributed by atoms with Gasteiger partial charge in [-0.1, -0.05) is 44.2 Å². The molecule has 0 radical (unpaired) electrons. The van der Waals surface area contributed by atoms with Gasteiger partial charge in [0.15, 0.2) is 5.78 Å². The fraction of sp³-hybridized carbons (Fsp3) is 0.588. The Labute approximate surface area is 122 Å². The van der Waals surface area contributed by atoms with E-state index in [0.29, 0.717) is 12.0 Å². The van der Waals surface area contributed by atoms with Gasteiger partial charge in [-0.2, -0.15) is 0 Å². The molecule has 0 aliphatic carbocycles. The highest BCUT2D eigenvalue weighted by Crippen LogP contribution is 2.21. The van der Waals surface area contributed by atoms with Gasteiger partial charge in [0.25, 0.3) is 0 Å². The summed E-state index contributed by atoms with van der Waals surface area (Å²) >= 11 is 0. The molecule has 20 heavy (non-hydrogen) atoms. The fourth-order valence-electron chi connectivity index (χ4n) is 3.23. The van der Waals surface area contributed by atoms with Crippen molar-refractivity contribution in [3.8, 4) is 0 Å². The number of hydrogen-bond acceptors (Lipinski definition) is 3. The standard InChI is InChI=1S/C17H26N2O/c1-13-10-19(12-16(13)18(3)4)11-14(2)17(20)15-8-6-5-7-9-15/h5-9,13-14,16H,10-12H2,1-4H3. The number of carbonyl (C=O) groups excluding carboxylic acids is 1. The molecule has 0 amide bonds. The van der Waals surface area contributed by atoms with Crippen LogP contribution in [0.3, 0.4) is 0 Å². The first kappa shape index (κ1) is 15.2. The molecule has 1 aliphatic heterocycles. The highest BCUT2D eigenvalue weighted by atomic mass is 16.1. The molecule has 0 spiro atoms. The molecule has 110 valence electrons. The minimum atomic E-state index is 0.0607. The van der Waals surface area contributed by atoms with Crippen LogP contribution >= 0.6 is 0 Å². The Balaban J connectivity index is 1.93. The maximum atomic E-state index is 12.4. The largest absolute Gasteiger partial charge is 0.305 e. The third-order valence-electron chi connectivity index (χ3n) is 4.35. The number of carbonyl (C=O) groups is 1. The molecule has 1 fully saturated rings. The lowest BCUT2D eigenvalue weighted by Crippen LogP contribution is -2.35. The van der Waals surface area contributed by atoms with Crippen molar-refractivity contribution in [3.63, 3.8) is 0 Å². The summed E-state index contributed by atoms with van der Waals surface area (Å²) in [6, 6.07) is 10.2. The first-order chi connectivity index (χ1) is 9.49. The predicted molar refractivity (Wildman–Crippen MR) is 83.0 cm³/mol. The molecule has 0 aromatic heterocycles. The molecule has 1 heterocycles. The summed E-state index contributed by atoms with van der Waals surface area (Å²) in [6.07, 6.45) is 0. The molecule has 3 heteroatoms. The van der Waals surface area contributed by atoms with E-state index in [2.05, 4.69) is 30.8 Å². The third-order valence-corrected chi connectivity index (χ3v) is 4.35. The van der Waals surface area contributed by atoms with Crippen molar-refractivity contribution in [1.82, 2.24) is 9.80 Å². The second-order valence-electron chi connectivity index (χ2n) is 6.36. The van der Waals surface area contributed by atoms with E-state index >= 15 is 0 Å². The molecular formula is C17H26N2O. The molecule has 1 saturated heterocycles. The lowest BCUT2D eigenvalue weighted by molar-refractivity contribution is 0.0900. The molecule has 1 aromatic carbocycles. The number of ketones is 1. The van der Waals surface area contributed by atoms with Crippen molar-refractivity contribution in [2.45, 2.75) is 19.9 Å². The van der Waals surface area contributed by atoms with Crippen LogP contribution in [0.4, 0.5) is 0 Å². The molecule has 3 unspecified atom stereocenters. The van der Waals surface area contributed by atoms with Gasteiger partial charge >= 0.3 is 0 Å². The number of nitrogens with zero attached hydrogens (tertiary/aromatic N) is 2. The van der Waals surface area contributed by atoms with Crippen molar-refractivity contribution in [2.24, 2.45) is 11.8 Å². The maximum Gasteiger partial charge on any atom is 0.166 e. The summed E-state index contributed by atoms with van der Waals surface area (Å²) in [4.78, 5) is 17.1. The molecule has 2 rings (SSSR count). The number of benzene rings is 1. The van der Waals surface area contributed by atoms with Crippen LogP contribution in [0, 0.1) is 11.8 Å². The Kier molecular flexibility index (Phi) is 4.95. The van der Waals surface area contributed by atoms with E-state index in [4.69, 9.17) is 0 Å². The Morgan fingerprint density at radius 1 is 1.30 bits per heavy atom. The number of rotatable bonds is 5. The van der Waals surface area contributed by atoms with Crippen LogP contribution in [-0.2, 0) is 0 Å². The van der Waals surface area contributed by atoms with E-state index in [-0.39, 0.29) is 11.7 Å². The second-order valence-corrected chi connectivity index (χ2v) is 6.36. The second kappa shape index (κ2) is 6.51.